The predicted octanol–water partition coefficient (Wildman–Crippen LogP) is 3.67. The largest absolute Gasteiger partial charge is 0.378 e. The minimum Gasteiger partial charge on any atom is -0.378 e. The van der Waals surface area contributed by atoms with Gasteiger partial charge in [0.05, 0.1) is 29.9 Å². The minimum atomic E-state index is -2.90. The molecule has 1 amide bonds. The molecule has 6 nitrogen and oxygen atoms in total. The molecule has 0 spiro atoms. The number of ether oxygens (including phenoxy) is 1. The second-order valence-electron chi connectivity index (χ2n) is 6.54. The Morgan fingerprint density at radius 2 is 2.03 bits per heavy atom. The van der Waals surface area contributed by atoms with Crippen molar-refractivity contribution < 1.29 is 22.7 Å². The molecule has 0 aliphatic carbocycles. The molecule has 0 fully saturated rings. The maximum Gasteiger partial charge on any atom is 0.266 e. The molecule has 29 heavy (non-hydrogen) atoms. The predicted molar refractivity (Wildman–Crippen MR) is 102 cm³/mol. The van der Waals surface area contributed by atoms with E-state index in [4.69, 9.17) is 4.74 Å². The van der Waals surface area contributed by atoms with E-state index in [1.54, 1.807) is 29.0 Å². The molecule has 1 aromatic carbocycles. The van der Waals surface area contributed by atoms with Gasteiger partial charge in [0.25, 0.3) is 6.43 Å². The van der Waals surface area contributed by atoms with E-state index >= 15 is 0 Å². The number of aromatic nitrogens is 3. The van der Waals surface area contributed by atoms with E-state index in [1.807, 2.05) is 6.92 Å². The van der Waals surface area contributed by atoms with Crippen LogP contribution in [0.4, 0.5) is 13.2 Å². The van der Waals surface area contributed by atoms with Crippen LogP contribution in [0.2, 0.25) is 0 Å². The first-order valence-electron chi connectivity index (χ1n) is 9.08. The zero-order valence-corrected chi connectivity index (χ0v) is 16.1. The molecule has 1 atom stereocenters. The lowest BCUT2D eigenvalue weighted by Gasteiger charge is -2.22. The highest BCUT2D eigenvalue weighted by molar-refractivity contribution is 5.80. The van der Waals surface area contributed by atoms with Crippen molar-refractivity contribution in [3.05, 3.63) is 48.0 Å². The van der Waals surface area contributed by atoms with Gasteiger partial charge in [-0.1, -0.05) is 6.07 Å². The Morgan fingerprint density at radius 1 is 1.24 bits per heavy atom. The van der Waals surface area contributed by atoms with Crippen LogP contribution in [0.5, 0.6) is 0 Å². The van der Waals surface area contributed by atoms with E-state index < -0.39 is 17.8 Å². The van der Waals surface area contributed by atoms with E-state index in [0.29, 0.717) is 41.8 Å². The molecule has 1 unspecified atom stereocenters. The summed E-state index contributed by atoms with van der Waals surface area (Å²) < 4.78 is 46.8. The third-order valence-electron chi connectivity index (χ3n) is 4.76. The van der Waals surface area contributed by atoms with Crippen LogP contribution < -0.4 is 0 Å². The lowest BCUT2D eigenvalue weighted by Crippen LogP contribution is -2.35. The molecule has 0 bridgehead atoms. The molecular formula is C20H21F3N4O2. The Kier molecular flexibility index (Phi) is 6.48. The summed E-state index contributed by atoms with van der Waals surface area (Å²) >= 11 is 0. The number of carbonyl (C=O) groups is 1. The third-order valence-corrected chi connectivity index (χ3v) is 4.76. The van der Waals surface area contributed by atoms with E-state index in [9.17, 15) is 18.0 Å². The molecule has 0 saturated heterocycles. The molecule has 0 aliphatic heterocycles. The highest BCUT2D eigenvalue weighted by Crippen LogP contribution is 2.29. The minimum absolute atomic E-state index is 0.289. The Hall–Kier alpha value is -2.94. The summed E-state index contributed by atoms with van der Waals surface area (Å²) in [5.41, 5.74) is 1.66. The first kappa shape index (κ1) is 20.8. The maximum absolute atomic E-state index is 13.6. The number of nitrogens with zero attached hydrogens (tertiary/aromatic N) is 4. The summed E-state index contributed by atoms with van der Waals surface area (Å²) in [6.07, 6.45) is 0.707. The van der Waals surface area contributed by atoms with Crippen molar-refractivity contribution in [2.75, 3.05) is 20.2 Å². The third kappa shape index (κ3) is 4.56. The van der Waals surface area contributed by atoms with E-state index in [-0.39, 0.29) is 6.10 Å². The second-order valence-corrected chi connectivity index (χ2v) is 6.54. The number of halogens is 3. The average Bonchev–Trinajstić information content (AvgIpc) is 3.13. The van der Waals surface area contributed by atoms with Crippen LogP contribution in [-0.4, -0.2) is 52.4 Å². The van der Waals surface area contributed by atoms with Crippen LogP contribution in [0.15, 0.2) is 36.7 Å². The van der Waals surface area contributed by atoms with Crippen LogP contribution in [0.3, 0.4) is 0 Å². The summed E-state index contributed by atoms with van der Waals surface area (Å²) in [6, 6.07) is 5.36. The van der Waals surface area contributed by atoms with Gasteiger partial charge in [-0.2, -0.15) is 5.10 Å². The average molecular weight is 406 g/mol. The normalized spacial score (nSPS) is 12.5. The first-order valence-corrected chi connectivity index (χ1v) is 9.08. The molecular weight excluding hydrogens is 385 g/mol. The van der Waals surface area contributed by atoms with Crippen molar-refractivity contribution in [3.8, 4) is 11.1 Å². The Balaban J connectivity index is 1.92. The van der Waals surface area contributed by atoms with Gasteiger partial charge in [-0.25, -0.2) is 13.2 Å². The van der Waals surface area contributed by atoms with E-state index in [0.717, 1.165) is 18.5 Å². The summed E-state index contributed by atoms with van der Waals surface area (Å²) in [6.45, 7) is 3.21. The number of benzene rings is 1. The maximum atomic E-state index is 13.6. The van der Waals surface area contributed by atoms with Gasteiger partial charge in [0.15, 0.2) is 0 Å². The number of hydrogen-bond acceptors (Lipinski definition) is 4. The summed E-state index contributed by atoms with van der Waals surface area (Å²) in [4.78, 5) is 17.0. The molecule has 3 rings (SSSR count). The van der Waals surface area contributed by atoms with Crippen LogP contribution >= 0.6 is 0 Å². The van der Waals surface area contributed by atoms with Crippen molar-refractivity contribution in [3.63, 3.8) is 0 Å². The van der Waals surface area contributed by atoms with Crippen LogP contribution in [-0.2, 0) is 16.1 Å². The van der Waals surface area contributed by atoms with Gasteiger partial charge < -0.3 is 9.64 Å². The van der Waals surface area contributed by atoms with Crippen molar-refractivity contribution in [1.82, 2.24) is 19.7 Å². The van der Waals surface area contributed by atoms with Gasteiger partial charge in [0.1, 0.15) is 11.3 Å². The van der Waals surface area contributed by atoms with Crippen molar-refractivity contribution in [2.24, 2.45) is 0 Å². The fraction of sp³-hybridized carbons (Fsp3) is 0.350. The highest BCUT2D eigenvalue weighted by Gasteiger charge is 2.17. The molecule has 0 aliphatic rings. The van der Waals surface area contributed by atoms with Gasteiger partial charge in [-0.15, -0.1) is 0 Å². The van der Waals surface area contributed by atoms with Crippen molar-refractivity contribution in [1.29, 1.82) is 0 Å². The lowest BCUT2D eigenvalue weighted by atomic mass is 10.0. The summed E-state index contributed by atoms with van der Waals surface area (Å²) in [7, 11) is 1.56. The Bertz CT molecular complexity index is 993. The Morgan fingerprint density at radius 3 is 2.69 bits per heavy atom. The fourth-order valence-corrected chi connectivity index (χ4v) is 3.06. The molecule has 0 N–H and O–H groups in total. The van der Waals surface area contributed by atoms with Gasteiger partial charge in [-0.3, -0.25) is 14.5 Å². The number of amides is 1. The number of fused-ring (bicyclic) bond motifs is 1. The number of methoxy groups -OCH3 is 1. The van der Waals surface area contributed by atoms with E-state index in [1.165, 1.54) is 12.3 Å². The number of likely N-dealkylation sites (N-methyl/N-ethyl adjacent to an activating group) is 1. The van der Waals surface area contributed by atoms with Crippen molar-refractivity contribution >= 4 is 17.4 Å². The number of alkyl halides is 2. The van der Waals surface area contributed by atoms with Crippen molar-refractivity contribution in [2.45, 2.75) is 26.0 Å². The van der Waals surface area contributed by atoms with Gasteiger partial charge in [0.2, 0.25) is 6.41 Å². The number of carbonyl (C=O) groups excluding carboxylic acids is 1. The topological polar surface area (TPSA) is 60.2 Å². The molecule has 0 saturated carbocycles. The standard InChI is InChI=1S/C20H21F3N4O2/c1-3-26(12-28)10-15(29-2)11-27-19-7-14(8-24-18(19)9-25-27)13-4-5-17(21)16(6-13)20(22)23/h4-9,12,15,20H,3,10-11H2,1-2H3. The highest BCUT2D eigenvalue weighted by atomic mass is 19.3. The SMILES string of the molecule is CCN(C=O)CC(Cn1ncc2ncc(-c3ccc(F)c(C(F)F)c3)cc21)OC. The molecule has 3 aromatic rings. The molecule has 2 aromatic heterocycles. The smallest absolute Gasteiger partial charge is 0.266 e. The second kappa shape index (κ2) is 9.04. The number of hydrogen-bond donors (Lipinski definition) is 0. The van der Waals surface area contributed by atoms with Crippen LogP contribution in [0.25, 0.3) is 22.2 Å². The van der Waals surface area contributed by atoms with Gasteiger partial charge in [-0.05, 0) is 30.7 Å². The molecule has 154 valence electrons. The molecule has 0 radical (unpaired) electrons. The molecule has 9 heteroatoms. The zero-order valence-electron chi connectivity index (χ0n) is 16.1. The van der Waals surface area contributed by atoms with Gasteiger partial charge >= 0.3 is 0 Å². The summed E-state index contributed by atoms with van der Waals surface area (Å²) in [5, 5.41) is 4.32. The zero-order chi connectivity index (χ0) is 21.0. The fourth-order valence-electron chi connectivity index (χ4n) is 3.06. The quantitative estimate of drug-likeness (QED) is 0.509. The number of pyridine rings is 1. The Labute approximate surface area is 165 Å². The summed E-state index contributed by atoms with van der Waals surface area (Å²) in [5.74, 6) is -0.943. The van der Waals surface area contributed by atoms with Gasteiger partial charge in [0, 0.05) is 32.0 Å². The lowest BCUT2D eigenvalue weighted by molar-refractivity contribution is -0.119. The van der Waals surface area contributed by atoms with Crippen LogP contribution in [0, 0.1) is 5.82 Å². The number of rotatable bonds is 9. The monoisotopic (exact) mass is 406 g/mol. The first-order chi connectivity index (χ1) is 14.0. The van der Waals surface area contributed by atoms with E-state index in [2.05, 4.69) is 10.1 Å². The molecule has 2 heterocycles. The van der Waals surface area contributed by atoms with Crippen LogP contribution in [0.1, 0.15) is 18.9 Å².